The van der Waals surface area contributed by atoms with Crippen molar-refractivity contribution in [1.82, 2.24) is 9.88 Å². The van der Waals surface area contributed by atoms with Crippen LogP contribution in [0.25, 0.3) is 10.2 Å². The van der Waals surface area contributed by atoms with E-state index in [1.165, 1.54) is 17.6 Å². The Bertz CT molecular complexity index is 1430. The number of hydrogen-bond acceptors (Lipinski definition) is 7. The van der Waals surface area contributed by atoms with Crippen molar-refractivity contribution >= 4 is 54.8 Å². The number of sulfone groups is 1. The van der Waals surface area contributed by atoms with E-state index in [1.54, 1.807) is 23.1 Å². The number of benzene rings is 3. The molecule has 5 rings (SSSR count). The molecule has 10 heteroatoms. The Morgan fingerprint density at radius 1 is 1.00 bits per heavy atom. The zero-order valence-corrected chi connectivity index (χ0v) is 23.5. The highest BCUT2D eigenvalue weighted by atomic mass is 35.5. The Labute approximate surface area is 233 Å². The summed E-state index contributed by atoms with van der Waals surface area (Å²) in [7, 11) is -3.35. The summed E-state index contributed by atoms with van der Waals surface area (Å²) in [6.07, 6.45) is 1.19. The largest absolute Gasteiger partial charge is 0.379 e. The van der Waals surface area contributed by atoms with Crippen molar-refractivity contribution in [3.63, 3.8) is 0 Å². The minimum Gasteiger partial charge on any atom is -0.379 e. The van der Waals surface area contributed by atoms with Crippen molar-refractivity contribution in [1.29, 1.82) is 0 Å². The topological polar surface area (TPSA) is 79.8 Å². The van der Waals surface area contributed by atoms with Crippen LogP contribution in [0.4, 0.5) is 5.13 Å². The second-order valence-corrected chi connectivity index (χ2v) is 12.1. The van der Waals surface area contributed by atoms with Gasteiger partial charge in [0.2, 0.25) is 5.91 Å². The fourth-order valence-corrected chi connectivity index (χ4v) is 6.29. The van der Waals surface area contributed by atoms with Crippen LogP contribution in [0.1, 0.15) is 17.0 Å². The molecule has 38 heavy (non-hydrogen) atoms. The van der Waals surface area contributed by atoms with Gasteiger partial charge in [-0.15, -0.1) is 12.4 Å². The van der Waals surface area contributed by atoms with Crippen LogP contribution in [-0.4, -0.2) is 69.9 Å². The van der Waals surface area contributed by atoms with Crippen LogP contribution in [0.2, 0.25) is 0 Å². The highest BCUT2D eigenvalue weighted by Crippen LogP contribution is 2.34. The number of amides is 1. The summed E-state index contributed by atoms with van der Waals surface area (Å²) in [5.41, 5.74) is 2.50. The predicted octanol–water partition coefficient (Wildman–Crippen LogP) is 4.62. The second kappa shape index (κ2) is 12.4. The van der Waals surface area contributed by atoms with Gasteiger partial charge in [0.25, 0.3) is 0 Å². The summed E-state index contributed by atoms with van der Waals surface area (Å²) in [5, 5.41) is 0.566. The number of hydrogen-bond donors (Lipinski definition) is 0. The standard InChI is InChI=1S/C28H29N3O4S2.ClH/c1-37(33,34)23-12-13-24-25(20-23)36-28(29-24)31(15-14-30-16-18-35-19-17-30)27(32)26(21-8-4-2-5-9-21)22-10-6-3-7-11-22;/h2-13,20,26H,14-19H2,1H3;1H. The minimum absolute atomic E-state index is 0. The molecule has 0 radical (unpaired) electrons. The average Bonchev–Trinajstić information content (AvgIpc) is 3.33. The molecule has 4 aromatic rings. The number of fused-ring (bicyclic) bond motifs is 1. The third-order valence-corrected chi connectivity index (χ3v) is 8.68. The molecule has 0 aliphatic carbocycles. The molecule has 2 heterocycles. The van der Waals surface area contributed by atoms with Crippen molar-refractivity contribution in [2.24, 2.45) is 0 Å². The lowest BCUT2D eigenvalue weighted by Gasteiger charge is -2.31. The summed E-state index contributed by atoms with van der Waals surface area (Å²) in [6, 6.07) is 24.5. The SMILES string of the molecule is CS(=O)(=O)c1ccc2nc(N(CCN3CCOCC3)C(=O)C(c3ccccc3)c3ccccc3)sc2c1.Cl. The average molecular weight is 572 g/mol. The monoisotopic (exact) mass is 571 g/mol. The predicted molar refractivity (Wildman–Crippen MR) is 154 cm³/mol. The molecule has 1 aromatic heterocycles. The fraction of sp³-hybridized carbons (Fsp3) is 0.286. The molecule has 1 aliphatic heterocycles. The lowest BCUT2D eigenvalue weighted by atomic mass is 9.90. The Kier molecular flexibility index (Phi) is 9.17. The van der Waals surface area contributed by atoms with E-state index in [-0.39, 0.29) is 23.2 Å². The van der Waals surface area contributed by atoms with Crippen LogP contribution in [0.3, 0.4) is 0 Å². The Morgan fingerprint density at radius 2 is 1.61 bits per heavy atom. The van der Waals surface area contributed by atoms with Crippen LogP contribution < -0.4 is 4.90 Å². The normalized spacial score (nSPS) is 14.4. The number of thiazole rings is 1. The Hall–Kier alpha value is -2.82. The molecule has 1 fully saturated rings. The van der Waals surface area contributed by atoms with E-state index in [0.29, 0.717) is 37.0 Å². The van der Waals surface area contributed by atoms with Crippen molar-refractivity contribution in [2.45, 2.75) is 10.8 Å². The van der Waals surface area contributed by atoms with Crippen LogP contribution in [0.5, 0.6) is 0 Å². The molecule has 3 aromatic carbocycles. The van der Waals surface area contributed by atoms with Gasteiger partial charge in [-0.3, -0.25) is 14.6 Å². The molecule has 7 nitrogen and oxygen atoms in total. The molecule has 1 amide bonds. The van der Waals surface area contributed by atoms with Crippen molar-refractivity contribution < 1.29 is 17.9 Å². The van der Waals surface area contributed by atoms with Crippen molar-refractivity contribution in [3.8, 4) is 0 Å². The van der Waals surface area contributed by atoms with Gasteiger partial charge in [0.1, 0.15) is 0 Å². The number of carbonyl (C=O) groups excluding carboxylic acids is 1. The quantitative estimate of drug-likeness (QED) is 0.307. The first kappa shape index (κ1) is 28.2. The molecule has 1 aliphatic rings. The van der Waals surface area contributed by atoms with Gasteiger partial charge in [0.05, 0.1) is 34.2 Å². The number of ether oxygens (including phenoxy) is 1. The molecule has 0 bridgehead atoms. The molecule has 1 saturated heterocycles. The minimum atomic E-state index is -3.35. The van der Waals surface area contributed by atoms with Crippen molar-refractivity contribution in [3.05, 3.63) is 90.0 Å². The zero-order valence-electron chi connectivity index (χ0n) is 21.0. The van der Waals surface area contributed by atoms with Gasteiger partial charge in [-0.1, -0.05) is 72.0 Å². The lowest BCUT2D eigenvalue weighted by Crippen LogP contribution is -2.44. The molecule has 0 N–H and O–H groups in total. The maximum Gasteiger partial charge on any atom is 0.240 e. The smallest absolute Gasteiger partial charge is 0.240 e. The van der Waals surface area contributed by atoms with E-state index in [9.17, 15) is 13.2 Å². The van der Waals surface area contributed by atoms with E-state index in [0.717, 1.165) is 28.9 Å². The molecule has 0 atom stereocenters. The number of carbonyl (C=O) groups is 1. The van der Waals surface area contributed by atoms with Gasteiger partial charge in [-0.25, -0.2) is 13.4 Å². The first-order chi connectivity index (χ1) is 17.9. The number of morpholine rings is 1. The highest BCUT2D eigenvalue weighted by molar-refractivity contribution is 7.90. The van der Waals surface area contributed by atoms with Gasteiger partial charge in [0, 0.05) is 32.4 Å². The maximum absolute atomic E-state index is 14.4. The number of aromatic nitrogens is 1. The van der Waals surface area contributed by atoms with Gasteiger partial charge in [-0.2, -0.15) is 0 Å². The van der Waals surface area contributed by atoms with E-state index >= 15 is 0 Å². The molecule has 0 saturated carbocycles. The Morgan fingerprint density at radius 3 is 2.18 bits per heavy atom. The third kappa shape index (κ3) is 6.42. The number of nitrogens with zero attached hydrogens (tertiary/aromatic N) is 3. The second-order valence-electron chi connectivity index (χ2n) is 9.10. The summed E-state index contributed by atoms with van der Waals surface area (Å²) >= 11 is 1.34. The van der Waals surface area contributed by atoms with Gasteiger partial charge in [0.15, 0.2) is 15.0 Å². The highest BCUT2D eigenvalue weighted by Gasteiger charge is 2.30. The molecular weight excluding hydrogens is 542 g/mol. The molecule has 0 spiro atoms. The maximum atomic E-state index is 14.4. The summed E-state index contributed by atoms with van der Waals surface area (Å²) in [5.74, 6) is -0.557. The van der Waals surface area contributed by atoms with E-state index in [4.69, 9.17) is 9.72 Å². The van der Waals surface area contributed by atoms with Crippen LogP contribution in [-0.2, 0) is 19.4 Å². The van der Waals surface area contributed by atoms with Gasteiger partial charge in [-0.05, 0) is 29.3 Å². The summed E-state index contributed by atoms with van der Waals surface area (Å²) in [4.78, 5) is 23.5. The zero-order chi connectivity index (χ0) is 25.8. The lowest BCUT2D eigenvalue weighted by molar-refractivity contribution is -0.119. The first-order valence-corrected chi connectivity index (χ1v) is 14.9. The summed E-state index contributed by atoms with van der Waals surface area (Å²) < 4.78 is 30.4. The van der Waals surface area contributed by atoms with Crippen LogP contribution >= 0.6 is 23.7 Å². The third-order valence-electron chi connectivity index (χ3n) is 6.53. The molecular formula is C28H30ClN3O4S2. The van der Waals surface area contributed by atoms with E-state index in [2.05, 4.69) is 4.90 Å². The van der Waals surface area contributed by atoms with Gasteiger partial charge >= 0.3 is 0 Å². The summed E-state index contributed by atoms with van der Waals surface area (Å²) in [6.45, 7) is 4.16. The van der Waals surface area contributed by atoms with Crippen LogP contribution in [0.15, 0.2) is 83.8 Å². The van der Waals surface area contributed by atoms with E-state index in [1.807, 2.05) is 60.7 Å². The molecule has 200 valence electrons. The first-order valence-electron chi connectivity index (χ1n) is 12.2. The number of rotatable bonds is 8. The molecule has 0 unspecified atom stereocenters. The van der Waals surface area contributed by atoms with Gasteiger partial charge < -0.3 is 4.74 Å². The fourth-order valence-electron chi connectivity index (χ4n) is 4.53. The Balaban J connectivity index is 0.00000336. The van der Waals surface area contributed by atoms with Crippen molar-refractivity contribution in [2.75, 3.05) is 50.5 Å². The van der Waals surface area contributed by atoms with E-state index < -0.39 is 15.8 Å². The number of anilines is 1. The van der Waals surface area contributed by atoms with Crippen LogP contribution in [0, 0.1) is 0 Å². The number of halogens is 1.